The Hall–Kier alpha value is -0.650. The van der Waals surface area contributed by atoms with E-state index < -0.39 is 0 Å². The van der Waals surface area contributed by atoms with Gasteiger partial charge in [0.05, 0.1) is 6.54 Å². The number of aromatic nitrogens is 2. The van der Waals surface area contributed by atoms with Gasteiger partial charge in [-0.25, -0.2) is 0 Å². The summed E-state index contributed by atoms with van der Waals surface area (Å²) in [7, 11) is 0. The van der Waals surface area contributed by atoms with Gasteiger partial charge in [-0.1, -0.05) is 12.1 Å². The molecular weight excluding hydrogens is 240 g/mol. The molecule has 0 bridgehead atoms. The molecule has 1 aromatic rings. The Balaban J connectivity index is 0.00000144. The molecule has 2 rings (SSSR count). The summed E-state index contributed by atoms with van der Waals surface area (Å²) in [5, 5.41) is 3.81. The molecule has 0 spiro atoms. The summed E-state index contributed by atoms with van der Waals surface area (Å²) in [6, 6.07) is 0.445. The highest BCUT2D eigenvalue weighted by Crippen LogP contribution is 2.23. The number of nitrogens with two attached hydrogens (primary N) is 1. The van der Waals surface area contributed by atoms with Crippen LogP contribution in [0.4, 0.5) is 0 Å². The van der Waals surface area contributed by atoms with Gasteiger partial charge in [-0.15, -0.1) is 12.4 Å². The summed E-state index contributed by atoms with van der Waals surface area (Å²) in [6.07, 6.45) is 2.49. The summed E-state index contributed by atoms with van der Waals surface area (Å²) >= 11 is 0. The van der Waals surface area contributed by atoms with Crippen molar-refractivity contribution in [3.8, 4) is 0 Å². The maximum Gasteiger partial charge on any atom is 0.240 e. The van der Waals surface area contributed by atoms with Crippen LogP contribution in [0.5, 0.6) is 0 Å². The predicted octanol–water partition coefficient (Wildman–Crippen LogP) is 1.36. The van der Waals surface area contributed by atoms with Gasteiger partial charge in [-0.05, 0) is 32.2 Å². The largest absolute Gasteiger partial charge is 0.338 e. The molecule has 1 aromatic heterocycles. The van der Waals surface area contributed by atoms with Gasteiger partial charge in [0, 0.05) is 12.6 Å². The Morgan fingerprint density at radius 2 is 2.29 bits per heavy atom. The molecule has 0 radical (unpaired) electrons. The molecule has 1 saturated heterocycles. The van der Waals surface area contributed by atoms with Crippen molar-refractivity contribution in [3.05, 3.63) is 11.7 Å². The molecule has 0 saturated carbocycles. The molecule has 98 valence electrons. The van der Waals surface area contributed by atoms with Crippen molar-refractivity contribution in [2.75, 3.05) is 13.1 Å². The predicted molar refractivity (Wildman–Crippen MR) is 67.9 cm³/mol. The summed E-state index contributed by atoms with van der Waals surface area (Å²) < 4.78 is 5.15. The van der Waals surface area contributed by atoms with Crippen LogP contribution in [0.1, 0.15) is 31.5 Å². The lowest BCUT2D eigenvalue weighted by molar-refractivity contribution is 0.0874. The van der Waals surface area contributed by atoms with Crippen molar-refractivity contribution < 1.29 is 4.52 Å². The summed E-state index contributed by atoms with van der Waals surface area (Å²) in [6.45, 7) is 6.62. The summed E-state index contributed by atoms with van der Waals surface area (Å²) in [4.78, 5) is 6.60. The number of likely N-dealkylation sites (tertiary alicyclic amines) is 1. The first kappa shape index (κ1) is 14.4. The van der Waals surface area contributed by atoms with E-state index in [2.05, 4.69) is 22.0 Å². The maximum absolute atomic E-state index is 5.83. The lowest BCUT2D eigenvalue weighted by Crippen LogP contribution is -2.48. The van der Waals surface area contributed by atoms with Gasteiger partial charge in [0.25, 0.3) is 0 Å². The van der Waals surface area contributed by atoms with Crippen molar-refractivity contribution >= 4 is 12.4 Å². The van der Waals surface area contributed by atoms with Crippen molar-refractivity contribution in [2.45, 2.75) is 39.3 Å². The molecule has 2 heterocycles. The van der Waals surface area contributed by atoms with Gasteiger partial charge in [0.15, 0.2) is 5.82 Å². The first-order valence-corrected chi connectivity index (χ1v) is 5.94. The number of hydrogen-bond acceptors (Lipinski definition) is 5. The molecule has 0 amide bonds. The maximum atomic E-state index is 5.83. The third kappa shape index (κ3) is 3.40. The van der Waals surface area contributed by atoms with Gasteiger partial charge in [0.2, 0.25) is 5.89 Å². The first-order chi connectivity index (χ1) is 7.70. The van der Waals surface area contributed by atoms with Gasteiger partial charge >= 0.3 is 0 Å². The first-order valence-electron chi connectivity index (χ1n) is 5.94. The summed E-state index contributed by atoms with van der Waals surface area (Å²) in [5.41, 5.74) is 5.83. The van der Waals surface area contributed by atoms with E-state index in [4.69, 9.17) is 10.3 Å². The molecule has 5 nitrogen and oxygen atoms in total. The molecule has 1 aliphatic rings. The Labute approximate surface area is 108 Å². The Bertz CT molecular complexity index is 344. The van der Waals surface area contributed by atoms with Gasteiger partial charge < -0.3 is 10.3 Å². The van der Waals surface area contributed by atoms with E-state index in [1.165, 1.54) is 12.8 Å². The third-order valence-electron chi connectivity index (χ3n) is 3.38. The average molecular weight is 261 g/mol. The zero-order valence-electron chi connectivity index (χ0n) is 10.4. The lowest BCUT2D eigenvalue weighted by atomic mass is 9.91. The molecule has 1 aliphatic heterocycles. The quantitative estimate of drug-likeness (QED) is 0.889. The van der Waals surface area contributed by atoms with Gasteiger partial charge in [-0.2, -0.15) is 4.98 Å². The molecule has 0 aliphatic carbocycles. The van der Waals surface area contributed by atoms with E-state index >= 15 is 0 Å². The number of aryl methyl sites for hydroxylation is 1. The minimum Gasteiger partial charge on any atom is -0.338 e. The van der Waals surface area contributed by atoms with Crippen LogP contribution in [0.2, 0.25) is 0 Å². The minimum absolute atomic E-state index is 0. The van der Waals surface area contributed by atoms with Crippen molar-refractivity contribution in [3.63, 3.8) is 0 Å². The minimum atomic E-state index is 0. The molecule has 2 atom stereocenters. The van der Waals surface area contributed by atoms with Crippen molar-refractivity contribution in [1.29, 1.82) is 0 Å². The van der Waals surface area contributed by atoms with Crippen LogP contribution in [0.25, 0.3) is 0 Å². The lowest BCUT2D eigenvalue weighted by Gasteiger charge is -2.38. The third-order valence-corrected chi connectivity index (χ3v) is 3.38. The number of halogens is 1. The second kappa shape index (κ2) is 6.33. The number of piperidine rings is 1. The number of nitrogens with zero attached hydrogens (tertiary/aromatic N) is 3. The molecule has 2 unspecified atom stereocenters. The molecular formula is C11H21ClN4O. The SMILES string of the molecule is Cc1noc(CN2CCCC(C)C2CN)n1.Cl. The van der Waals surface area contributed by atoms with E-state index in [1.807, 2.05) is 6.92 Å². The van der Waals surface area contributed by atoms with Crippen LogP contribution in [0, 0.1) is 12.8 Å². The van der Waals surface area contributed by atoms with Crippen molar-refractivity contribution in [2.24, 2.45) is 11.7 Å². The van der Waals surface area contributed by atoms with Crippen LogP contribution < -0.4 is 5.73 Å². The highest BCUT2D eigenvalue weighted by atomic mass is 35.5. The van der Waals surface area contributed by atoms with Crippen LogP contribution in [0.15, 0.2) is 4.52 Å². The zero-order valence-corrected chi connectivity index (χ0v) is 11.2. The smallest absolute Gasteiger partial charge is 0.240 e. The molecule has 2 N–H and O–H groups in total. The molecule has 6 heteroatoms. The molecule has 0 aromatic carbocycles. The van der Waals surface area contributed by atoms with Crippen LogP contribution >= 0.6 is 12.4 Å². The van der Waals surface area contributed by atoms with Crippen LogP contribution in [-0.2, 0) is 6.54 Å². The Morgan fingerprint density at radius 3 is 2.88 bits per heavy atom. The topological polar surface area (TPSA) is 68.2 Å². The highest BCUT2D eigenvalue weighted by molar-refractivity contribution is 5.85. The van der Waals surface area contributed by atoms with E-state index in [9.17, 15) is 0 Å². The fourth-order valence-electron chi connectivity index (χ4n) is 2.49. The highest BCUT2D eigenvalue weighted by Gasteiger charge is 2.28. The fourth-order valence-corrected chi connectivity index (χ4v) is 2.49. The second-order valence-electron chi connectivity index (χ2n) is 4.63. The Kier molecular flexibility index (Phi) is 5.36. The van der Waals surface area contributed by atoms with E-state index in [-0.39, 0.29) is 12.4 Å². The van der Waals surface area contributed by atoms with E-state index in [0.717, 1.165) is 13.1 Å². The number of hydrogen-bond donors (Lipinski definition) is 1. The second-order valence-corrected chi connectivity index (χ2v) is 4.63. The van der Waals surface area contributed by atoms with E-state index in [0.29, 0.717) is 30.2 Å². The number of rotatable bonds is 3. The van der Waals surface area contributed by atoms with Crippen molar-refractivity contribution in [1.82, 2.24) is 15.0 Å². The van der Waals surface area contributed by atoms with E-state index in [1.54, 1.807) is 0 Å². The Morgan fingerprint density at radius 1 is 1.53 bits per heavy atom. The van der Waals surface area contributed by atoms with Crippen LogP contribution in [-0.4, -0.2) is 34.2 Å². The average Bonchev–Trinajstić information content (AvgIpc) is 2.64. The van der Waals surface area contributed by atoms with Gasteiger partial charge in [-0.3, -0.25) is 4.90 Å². The zero-order chi connectivity index (χ0) is 11.5. The monoisotopic (exact) mass is 260 g/mol. The normalized spacial score (nSPS) is 25.6. The molecule has 17 heavy (non-hydrogen) atoms. The fraction of sp³-hybridized carbons (Fsp3) is 0.818. The van der Waals surface area contributed by atoms with Crippen LogP contribution in [0.3, 0.4) is 0 Å². The standard InChI is InChI=1S/C11H20N4O.ClH/c1-8-4-3-5-15(10(8)6-12)7-11-13-9(2)14-16-11;/h8,10H,3-7,12H2,1-2H3;1H. The summed E-state index contributed by atoms with van der Waals surface area (Å²) in [5.74, 6) is 2.05. The molecule has 1 fully saturated rings. The van der Waals surface area contributed by atoms with Gasteiger partial charge in [0.1, 0.15) is 0 Å².